The van der Waals surface area contributed by atoms with Crippen LogP contribution < -0.4 is 21.7 Å². The van der Waals surface area contributed by atoms with Crippen LogP contribution in [0.2, 0.25) is 0 Å². The Bertz CT molecular complexity index is 1550. The number of aryl methyl sites for hydroxylation is 1. The number of nitrogens with zero attached hydrogens (tertiary/aromatic N) is 3. The lowest BCUT2D eigenvalue weighted by atomic mass is 9.99. The van der Waals surface area contributed by atoms with Crippen molar-refractivity contribution in [3.63, 3.8) is 0 Å². The van der Waals surface area contributed by atoms with Gasteiger partial charge in [-0.05, 0) is 38.7 Å². The van der Waals surface area contributed by atoms with Crippen LogP contribution in [0.5, 0.6) is 0 Å². The number of aromatic nitrogens is 3. The van der Waals surface area contributed by atoms with Gasteiger partial charge in [0.05, 0.1) is 56.9 Å². The molecule has 0 aliphatic carbocycles. The van der Waals surface area contributed by atoms with E-state index < -0.39 is 0 Å². The van der Waals surface area contributed by atoms with Crippen molar-refractivity contribution in [2.45, 2.75) is 65.5 Å². The molecule has 53 heavy (non-hydrogen) atoms. The standard InChI is InChI=1S/C37H57N7O9/c1-3-28(37(38)48)10-7-8-14-39-33(45)13-18-50-20-22-52-23-21-51-19-16-41-35(47)27-53-26-34(46)40-15-9-17-44-32(25-49-4-2)43-31-24-42-30-12-6-5-11-29(30)36(31)44/h5-6,11-12,24,28H,3-4,7-10,13-23,25-27H2,1-2H3,(H2,38,48)(H,39,45)(H,40,46)(H,41,47). The fourth-order valence-corrected chi connectivity index (χ4v) is 5.51. The van der Waals surface area contributed by atoms with Crippen LogP contribution in [0.25, 0.3) is 21.9 Å². The Labute approximate surface area is 311 Å². The lowest BCUT2D eigenvalue weighted by Crippen LogP contribution is -2.34. The highest BCUT2D eigenvalue weighted by molar-refractivity contribution is 6.02. The molecule has 1 unspecified atom stereocenters. The fraction of sp³-hybridized carbons (Fsp3) is 0.622. The van der Waals surface area contributed by atoms with Crippen LogP contribution in [0.4, 0.5) is 0 Å². The van der Waals surface area contributed by atoms with Gasteiger partial charge in [-0.2, -0.15) is 0 Å². The van der Waals surface area contributed by atoms with E-state index in [-0.39, 0.29) is 49.2 Å². The van der Waals surface area contributed by atoms with Gasteiger partial charge in [-0.1, -0.05) is 31.5 Å². The van der Waals surface area contributed by atoms with Crippen molar-refractivity contribution < 1.29 is 42.9 Å². The summed E-state index contributed by atoms with van der Waals surface area (Å²) in [7, 11) is 0. The highest BCUT2D eigenvalue weighted by Gasteiger charge is 2.15. The molecule has 16 heteroatoms. The molecule has 3 rings (SSSR count). The summed E-state index contributed by atoms with van der Waals surface area (Å²) in [5.41, 5.74) is 8.03. The summed E-state index contributed by atoms with van der Waals surface area (Å²) < 4.78 is 29.4. The third-order valence-corrected chi connectivity index (χ3v) is 8.32. The molecule has 16 nitrogen and oxygen atoms in total. The van der Waals surface area contributed by atoms with Gasteiger partial charge in [0.1, 0.15) is 31.2 Å². The number of benzene rings is 1. The zero-order valence-electron chi connectivity index (χ0n) is 31.2. The smallest absolute Gasteiger partial charge is 0.246 e. The normalized spacial score (nSPS) is 11.9. The molecule has 4 amide bonds. The third kappa shape index (κ3) is 16.6. The molecule has 2 aromatic heterocycles. The number of hydrogen-bond acceptors (Lipinski definition) is 11. The van der Waals surface area contributed by atoms with E-state index in [0.29, 0.717) is 85.5 Å². The van der Waals surface area contributed by atoms with Gasteiger partial charge in [0.25, 0.3) is 0 Å². The zero-order valence-corrected chi connectivity index (χ0v) is 31.2. The number of pyridine rings is 1. The van der Waals surface area contributed by atoms with Crippen LogP contribution in [0.15, 0.2) is 30.5 Å². The quantitative estimate of drug-likeness (QED) is 0.0727. The van der Waals surface area contributed by atoms with E-state index in [1.807, 2.05) is 38.1 Å². The Morgan fingerprint density at radius 3 is 2.13 bits per heavy atom. The number of ether oxygens (including phenoxy) is 5. The van der Waals surface area contributed by atoms with E-state index in [1.165, 1.54) is 0 Å². The first-order valence-corrected chi connectivity index (χ1v) is 18.5. The number of hydrogen-bond donors (Lipinski definition) is 4. The highest BCUT2D eigenvalue weighted by Crippen LogP contribution is 2.25. The van der Waals surface area contributed by atoms with Gasteiger partial charge < -0.3 is 49.9 Å². The number of nitrogens with one attached hydrogen (secondary N) is 3. The van der Waals surface area contributed by atoms with E-state index in [9.17, 15) is 19.2 Å². The lowest BCUT2D eigenvalue weighted by Gasteiger charge is -2.11. The second-order valence-corrected chi connectivity index (χ2v) is 12.3. The number of carbonyl (C=O) groups is 4. The summed E-state index contributed by atoms with van der Waals surface area (Å²) in [4.78, 5) is 56.7. The van der Waals surface area contributed by atoms with Crippen molar-refractivity contribution >= 4 is 45.6 Å². The minimum atomic E-state index is -0.343. The van der Waals surface area contributed by atoms with Crippen molar-refractivity contribution in [1.29, 1.82) is 0 Å². The van der Waals surface area contributed by atoms with Crippen LogP contribution in [-0.2, 0) is 56.0 Å². The van der Waals surface area contributed by atoms with Crippen LogP contribution in [-0.4, -0.2) is 117 Å². The summed E-state index contributed by atoms with van der Waals surface area (Å²) in [6, 6.07) is 7.93. The maximum Gasteiger partial charge on any atom is 0.246 e. The van der Waals surface area contributed by atoms with Crippen molar-refractivity contribution in [2.24, 2.45) is 11.7 Å². The highest BCUT2D eigenvalue weighted by atomic mass is 16.5. The number of carbonyl (C=O) groups excluding carboxylic acids is 4. The van der Waals surface area contributed by atoms with Crippen LogP contribution >= 0.6 is 0 Å². The summed E-state index contributed by atoms with van der Waals surface area (Å²) in [6.45, 7) is 8.37. The van der Waals surface area contributed by atoms with Gasteiger partial charge in [-0.25, -0.2) is 4.98 Å². The Kier molecular flexibility index (Phi) is 20.9. The first-order valence-electron chi connectivity index (χ1n) is 18.5. The fourth-order valence-electron chi connectivity index (χ4n) is 5.51. The SMILES string of the molecule is CCOCc1nc2cnc3ccccc3c2n1CCCNC(=O)COCC(=O)NCCOCCOCCOCCC(=O)NCCCCC(CC)C(N)=O. The Balaban J connectivity index is 1.13. The molecule has 1 atom stereocenters. The molecule has 0 spiro atoms. The van der Waals surface area contributed by atoms with Crippen LogP contribution in [0.1, 0.15) is 58.2 Å². The van der Waals surface area contributed by atoms with Gasteiger partial charge in [0, 0.05) is 50.5 Å². The summed E-state index contributed by atoms with van der Waals surface area (Å²) in [6.07, 6.45) is 5.83. The Morgan fingerprint density at radius 2 is 1.42 bits per heavy atom. The van der Waals surface area contributed by atoms with Crippen molar-refractivity contribution in [3.05, 3.63) is 36.3 Å². The van der Waals surface area contributed by atoms with Crippen molar-refractivity contribution in [3.8, 4) is 0 Å². The summed E-state index contributed by atoms with van der Waals surface area (Å²) in [5, 5.41) is 9.38. The average Bonchev–Trinajstić information content (AvgIpc) is 3.51. The van der Waals surface area contributed by atoms with Gasteiger partial charge in [-0.15, -0.1) is 0 Å². The molecule has 0 aliphatic heterocycles. The molecular weight excluding hydrogens is 686 g/mol. The molecule has 0 saturated heterocycles. The number of amides is 4. The topological polar surface area (TPSA) is 207 Å². The Hall–Kier alpha value is -4.22. The number of nitrogens with two attached hydrogens (primary N) is 1. The lowest BCUT2D eigenvalue weighted by molar-refractivity contribution is -0.131. The Morgan fingerprint density at radius 1 is 0.755 bits per heavy atom. The molecule has 0 bridgehead atoms. The predicted octanol–water partition coefficient (Wildman–Crippen LogP) is 2.00. The van der Waals surface area contributed by atoms with E-state index in [1.54, 1.807) is 6.20 Å². The second-order valence-electron chi connectivity index (χ2n) is 12.3. The summed E-state index contributed by atoms with van der Waals surface area (Å²) in [5.74, 6) is -0.271. The molecule has 0 fully saturated rings. The predicted molar refractivity (Wildman–Crippen MR) is 199 cm³/mol. The first kappa shape index (κ1) is 43.2. The van der Waals surface area contributed by atoms with Gasteiger partial charge in [0.2, 0.25) is 23.6 Å². The minimum Gasteiger partial charge on any atom is -0.379 e. The molecule has 0 aliphatic rings. The molecule has 294 valence electrons. The molecule has 0 saturated carbocycles. The maximum atomic E-state index is 12.3. The van der Waals surface area contributed by atoms with Crippen LogP contribution in [0.3, 0.4) is 0 Å². The molecule has 3 aromatic rings. The van der Waals surface area contributed by atoms with E-state index in [0.717, 1.165) is 53.4 Å². The molecular formula is C37H57N7O9. The first-order chi connectivity index (χ1) is 25.8. The molecule has 5 N–H and O–H groups in total. The third-order valence-electron chi connectivity index (χ3n) is 8.32. The number of unbranched alkanes of at least 4 members (excludes halogenated alkanes) is 1. The largest absolute Gasteiger partial charge is 0.379 e. The number of para-hydroxylation sites is 1. The maximum absolute atomic E-state index is 12.3. The van der Waals surface area contributed by atoms with Crippen molar-refractivity contribution in [2.75, 3.05) is 79.1 Å². The number of imidazole rings is 1. The number of rotatable bonds is 30. The molecule has 1 aromatic carbocycles. The number of fused-ring (bicyclic) bond motifs is 3. The van der Waals surface area contributed by atoms with E-state index in [4.69, 9.17) is 34.4 Å². The zero-order chi connectivity index (χ0) is 38.1. The summed E-state index contributed by atoms with van der Waals surface area (Å²) >= 11 is 0. The van der Waals surface area contributed by atoms with Gasteiger partial charge in [-0.3, -0.25) is 24.2 Å². The molecule has 2 heterocycles. The minimum absolute atomic E-state index is 0.0758. The molecule has 0 radical (unpaired) electrons. The average molecular weight is 744 g/mol. The van der Waals surface area contributed by atoms with Gasteiger partial charge >= 0.3 is 0 Å². The number of primary amides is 1. The van der Waals surface area contributed by atoms with E-state index >= 15 is 0 Å². The van der Waals surface area contributed by atoms with Crippen LogP contribution in [0, 0.1) is 5.92 Å². The monoisotopic (exact) mass is 743 g/mol. The van der Waals surface area contributed by atoms with E-state index in [2.05, 4.69) is 25.5 Å². The van der Waals surface area contributed by atoms with Gasteiger partial charge in [0.15, 0.2) is 0 Å². The second kappa shape index (κ2) is 25.7. The van der Waals surface area contributed by atoms with Crippen molar-refractivity contribution in [1.82, 2.24) is 30.5 Å².